The minimum absolute atomic E-state index is 0.0385. The van der Waals surface area contributed by atoms with Crippen molar-refractivity contribution in [3.8, 4) is 5.75 Å². The monoisotopic (exact) mass is 305 g/mol. The number of aliphatic hydroxyl groups is 2. The fraction of sp³-hybridized carbons (Fsp3) is 0.667. The minimum atomic E-state index is -0.116. The number of piperidine rings is 1. The SMILES string of the molecule is OCCOc1cccc(CN2CCC[C@@]3(CCC[C@H]3O)C2)c1. The summed E-state index contributed by atoms with van der Waals surface area (Å²) < 4.78 is 5.49. The summed E-state index contributed by atoms with van der Waals surface area (Å²) in [5.41, 5.74) is 1.38. The fourth-order valence-corrected chi connectivity index (χ4v) is 4.14. The molecule has 4 heteroatoms. The lowest BCUT2D eigenvalue weighted by molar-refractivity contribution is -0.0120. The highest BCUT2D eigenvalue weighted by atomic mass is 16.5. The van der Waals surface area contributed by atoms with E-state index in [9.17, 15) is 5.11 Å². The van der Waals surface area contributed by atoms with Gasteiger partial charge in [-0.3, -0.25) is 4.90 Å². The Balaban J connectivity index is 1.63. The van der Waals surface area contributed by atoms with E-state index in [0.29, 0.717) is 6.61 Å². The molecule has 0 bridgehead atoms. The average Bonchev–Trinajstić information content (AvgIpc) is 2.86. The normalized spacial score (nSPS) is 29.1. The molecule has 1 aromatic rings. The van der Waals surface area contributed by atoms with Crippen LogP contribution in [0.1, 0.15) is 37.7 Å². The Morgan fingerprint density at radius 3 is 2.91 bits per heavy atom. The van der Waals surface area contributed by atoms with Crippen molar-refractivity contribution in [1.29, 1.82) is 0 Å². The van der Waals surface area contributed by atoms with Crippen molar-refractivity contribution in [2.45, 2.75) is 44.8 Å². The number of benzene rings is 1. The first kappa shape index (κ1) is 15.8. The second-order valence-corrected chi connectivity index (χ2v) is 6.80. The molecule has 1 aliphatic carbocycles. The summed E-state index contributed by atoms with van der Waals surface area (Å²) in [6, 6.07) is 8.12. The molecule has 4 nitrogen and oxygen atoms in total. The van der Waals surface area contributed by atoms with Crippen LogP contribution in [0, 0.1) is 5.41 Å². The molecule has 2 N–H and O–H groups in total. The molecule has 2 fully saturated rings. The second-order valence-electron chi connectivity index (χ2n) is 6.80. The van der Waals surface area contributed by atoms with Crippen LogP contribution < -0.4 is 4.74 Å². The summed E-state index contributed by atoms with van der Waals surface area (Å²) in [5.74, 6) is 0.819. The van der Waals surface area contributed by atoms with Crippen LogP contribution in [0.4, 0.5) is 0 Å². The number of hydrogen-bond donors (Lipinski definition) is 2. The first-order valence-electron chi connectivity index (χ1n) is 8.45. The molecule has 1 aliphatic heterocycles. The molecule has 3 rings (SSSR count). The Morgan fingerprint density at radius 1 is 1.27 bits per heavy atom. The van der Waals surface area contributed by atoms with Crippen molar-refractivity contribution >= 4 is 0 Å². The van der Waals surface area contributed by atoms with Crippen molar-refractivity contribution in [2.75, 3.05) is 26.3 Å². The molecular formula is C18H27NO3. The molecule has 1 saturated carbocycles. The van der Waals surface area contributed by atoms with Crippen molar-refractivity contribution in [1.82, 2.24) is 4.90 Å². The predicted octanol–water partition coefficient (Wildman–Crippen LogP) is 2.18. The molecule has 0 radical (unpaired) electrons. The summed E-state index contributed by atoms with van der Waals surface area (Å²) in [7, 11) is 0. The van der Waals surface area contributed by atoms with Crippen LogP contribution in [0.2, 0.25) is 0 Å². The number of aliphatic hydroxyl groups excluding tert-OH is 2. The van der Waals surface area contributed by atoms with Gasteiger partial charge in [0.25, 0.3) is 0 Å². The number of nitrogens with zero attached hydrogens (tertiary/aromatic N) is 1. The number of likely N-dealkylation sites (tertiary alicyclic amines) is 1. The molecule has 1 saturated heterocycles. The van der Waals surface area contributed by atoms with Crippen molar-refractivity contribution in [2.24, 2.45) is 5.41 Å². The summed E-state index contributed by atoms with van der Waals surface area (Å²) in [6.45, 7) is 3.40. The van der Waals surface area contributed by atoms with Gasteiger partial charge in [0.05, 0.1) is 12.7 Å². The molecule has 1 aromatic carbocycles. The quantitative estimate of drug-likeness (QED) is 0.875. The topological polar surface area (TPSA) is 52.9 Å². The highest BCUT2D eigenvalue weighted by Crippen LogP contribution is 2.45. The molecule has 2 atom stereocenters. The molecule has 1 spiro atoms. The summed E-state index contributed by atoms with van der Waals surface area (Å²) >= 11 is 0. The van der Waals surface area contributed by atoms with Gasteiger partial charge < -0.3 is 14.9 Å². The highest BCUT2D eigenvalue weighted by molar-refractivity contribution is 5.28. The zero-order valence-corrected chi connectivity index (χ0v) is 13.2. The number of rotatable bonds is 5. The second kappa shape index (κ2) is 6.99. The molecule has 2 aliphatic rings. The first-order valence-corrected chi connectivity index (χ1v) is 8.45. The molecule has 0 aromatic heterocycles. The van der Waals surface area contributed by atoms with E-state index in [-0.39, 0.29) is 18.1 Å². The van der Waals surface area contributed by atoms with Gasteiger partial charge in [-0.25, -0.2) is 0 Å². The smallest absolute Gasteiger partial charge is 0.119 e. The first-order chi connectivity index (χ1) is 10.7. The third-order valence-electron chi connectivity index (χ3n) is 5.21. The Kier molecular flexibility index (Phi) is 5.01. The Labute approximate surface area is 132 Å². The van der Waals surface area contributed by atoms with Gasteiger partial charge in [0.1, 0.15) is 12.4 Å². The van der Waals surface area contributed by atoms with Crippen LogP contribution in [0.5, 0.6) is 5.75 Å². The lowest BCUT2D eigenvalue weighted by Crippen LogP contribution is -2.46. The molecule has 0 amide bonds. The zero-order valence-electron chi connectivity index (χ0n) is 13.2. The number of ether oxygens (including phenoxy) is 1. The molecule has 1 heterocycles. The van der Waals surface area contributed by atoms with E-state index in [4.69, 9.17) is 9.84 Å². The van der Waals surface area contributed by atoms with Crippen molar-refractivity contribution in [3.05, 3.63) is 29.8 Å². The van der Waals surface area contributed by atoms with Gasteiger partial charge in [-0.2, -0.15) is 0 Å². The third-order valence-corrected chi connectivity index (χ3v) is 5.21. The Morgan fingerprint density at radius 2 is 2.14 bits per heavy atom. The van der Waals surface area contributed by atoms with Crippen molar-refractivity contribution in [3.63, 3.8) is 0 Å². The van der Waals surface area contributed by atoms with E-state index in [1.165, 1.54) is 31.2 Å². The highest BCUT2D eigenvalue weighted by Gasteiger charge is 2.44. The predicted molar refractivity (Wildman–Crippen MR) is 85.8 cm³/mol. The van der Waals surface area contributed by atoms with E-state index < -0.39 is 0 Å². The summed E-state index contributed by atoms with van der Waals surface area (Å²) in [6.07, 6.45) is 5.54. The Bertz CT molecular complexity index is 493. The maximum absolute atomic E-state index is 10.4. The van der Waals surface area contributed by atoms with Gasteiger partial charge in [0.15, 0.2) is 0 Å². The van der Waals surface area contributed by atoms with Crippen LogP contribution >= 0.6 is 0 Å². The largest absolute Gasteiger partial charge is 0.491 e. The van der Waals surface area contributed by atoms with Crippen LogP contribution in [-0.2, 0) is 6.54 Å². The molecular weight excluding hydrogens is 278 g/mol. The maximum Gasteiger partial charge on any atom is 0.119 e. The van der Waals surface area contributed by atoms with E-state index in [0.717, 1.165) is 31.8 Å². The van der Waals surface area contributed by atoms with Gasteiger partial charge in [0, 0.05) is 18.5 Å². The summed E-state index contributed by atoms with van der Waals surface area (Å²) in [5, 5.41) is 19.2. The van der Waals surface area contributed by atoms with Crippen LogP contribution in [0.15, 0.2) is 24.3 Å². The zero-order chi connectivity index (χ0) is 15.4. The van der Waals surface area contributed by atoms with Crippen LogP contribution in [-0.4, -0.2) is 47.5 Å². The van der Waals surface area contributed by atoms with Crippen LogP contribution in [0.25, 0.3) is 0 Å². The van der Waals surface area contributed by atoms with Crippen molar-refractivity contribution < 1.29 is 14.9 Å². The Hall–Kier alpha value is -1.10. The molecule has 0 unspecified atom stereocenters. The standard InChI is InChI=1S/C18H27NO3/c20-10-11-22-16-5-1-4-15(12-16)13-19-9-3-8-18(14-19)7-2-6-17(18)21/h1,4-5,12,17,20-21H,2-3,6-11,13-14H2/t17-,18+/m1/s1. The van der Waals surface area contributed by atoms with Gasteiger partial charge in [-0.05, 0) is 49.9 Å². The fourth-order valence-electron chi connectivity index (χ4n) is 4.14. The number of hydrogen-bond acceptors (Lipinski definition) is 4. The van der Waals surface area contributed by atoms with Gasteiger partial charge in [-0.1, -0.05) is 18.6 Å². The molecule has 22 heavy (non-hydrogen) atoms. The van der Waals surface area contributed by atoms with Gasteiger partial charge in [0.2, 0.25) is 0 Å². The lowest BCUT2D eigenvalue weighted by atomic mass is 9.76. The maximum atomic E-state index is 10.4. The van der Waals surface area contributed by atoms with E-state index >= 15 is 0 Å². The van der Waals surface area contributed by atoms with Gasteiger partial charge in [-0.15, -0.1) is 0 Å². The average molecular weight is 305 g/mol. The minimum Gasteiger partial charge on any atom is -0.491 e. The molecule has 122 valence electrons. The van der Waals surface area contributed by atoms with E-state index in [1.807, 2.05) is 12.1 Å². The lowest BCUT2D eigenvalue weighted by Gasteiger charge is -2.42. The van der Waals surface area contributed by atoms with E-state index in [2.05, 4.69) is 17.0 Å². The van der Waals surface area contributed by atoms with E-state index in [1.54, 1.807) is 0 Å². The van der Waals surface area contributed by atoms with Crippen LogP contribution in [0.3, 0.4) is 0 Å². The third kappa shape index (κ3) is 3.45. The van der Waals surface area contributed by atoms with Gasteiger partial charge >= 0.3 is 0 Å². The summed E-state index contributed by atoms with van der Waals surface area (Å²) in [4.78, 5) is 2.48.